The first-order chi connectivity index (χ1) is 14.9. The smallest absolute Gasteiger partial charge is 0.269 e. The number of hydrogen-bond acceptors (Lipinski definition) is 4. The van der Waals surface area contributed by atoms with Gasteiger partial charge in [0.25, 0.3) is 10.0 Å². The van der Waals surface area contributed by atoms with Gasteiger partial charge in [0.15, 0.2) is 0 Å². The fourth-order valence-corrected chi connectivity index (χ4v) is 5.64. The van der Waals surface area contributed by atoms with E-state index in [0.29, 0.717) is 11.5 Å². The predicted molar refractivity (Wildman–Crippen MR) is 125 cm³/mol. The largest absolute Gasteiger partial charge is 0.384 e. The van der Waals surface area contributed by atoms with Crippen LogP contribution in [0.2, 0.25) is 0 Å². The minimum absolute atomic E-state index is 0.192. The van der Waals surface area contributed by atoms with E-state index in [2.05, 4.69) is 11.7 Å². The van der Waals surface area contributed by atoms with E-state index in [1.165, 1.54) is 23.2 Å². The summed E-state index contributed by atoms with van der Waals surface area (Å²) in [5.41, 5.74) is 9.82. The Morgan fingerprint density at radius 2 is 1.87 bits per heavy atom. The summed E-state index contributed by atoms with van der Waals surface area (Å²) in [4.78, 5) is 0.196. The Morgan fingerprint density at radius 1 is 1.16 bits per heavy atom. The van der Waals surface area contributed by atoms with Gasteiger partial charge in [-0.3, -0.25) is 4.68 Å². The maximum atomic E-state index is 13.3. The molecule has 162 valence electrons. The molecule has 7 heteroatoms. The van der Waals surface area contributed by atoms with Gasteiger partial charge in [-0.2, -0.15) is 5.10 Å². The zero-order valence-corrected chi connectivity index (χ0v) is 18.6. The van der Waals surface area contributed by atoms with Crippen molar-refractivity contribution in [3.63, 3.8) is 0 Å². The highest BCUT2D eigenvalue weighted by Crippen LogP contribution is 2.37. The molecule has 2 heterocycles. The molecular formula is C24H28N4O2S. The van der Waals surface area contributed by atoms with E-state index in [1.54, 1.807) is 47.4 Å². The lowest BCUT2D eigenvalue weighted by atomic mass is 9.83. The van der Waals surface area contributed by atoms with Gasteiger partial charge in [0.1, 0.15) is 5.82 Å². The van der Waals surface area contributed by atoms with Crippen molar-refractivity contribution in [3.8, 4) is 11.1 Å². The van der Waals surface area contributed by atoms with Gasteiger partial charge in [-0.05, 0) is 42.5 Å². The summed E-state index contributed by atoms with van der Waals surface area (Å²) in [5, 5.41) is 4.26. The van der Waals surface area contributed by atoms with Crippen LogP contribution in [0.3, 0.4) is 0 Å². The van der Waals surface area contributed by atoms with Crippen molar-refractivity contribution in [1.29, 1.82) is 0 Å². The first kappa shape index (κ1) is 21.2. The number of aromatic nitrogens is 3. The molecule has 0 amide bonds. The zero-order chi connectivity index (χ0) is 22.0. The van der Waals surface area contributed by atoms with Crippen molar-refractivity contribution in [2.24, 2.45) is 13.0 Å². The first-order valence-electron chi connectivity index (χ1n) is 10.6. The van der Waals surface area contributed by atoms with E-state index in [0.717, 1.165) is 29.5 Å². The molecule has 0 aliphatic heterocycles. The van der Waals surface area contributed by atoms with Crippen LogP contribution < -0.4 is 5.73 Å². The fraction of sp³-hybridized carbons (Fsp3) is 0.292. The fourth-order valence-electron chi connectivity index (χ4n) is 4.31. The Morgan fingerprint density at radius 3 is 2.48 bits per heavy atom. The third kappa shape index (κ3) is 4.10. The Labute approximate surface area is 183 Å². The SMILES string of the molecule is C=C/C(=C\c1c(-c2cnn(C)c2)cn(S(=O)(=O)c2ccccc2)c1N)C1CCCCC1. The summed E-state index contributed by atoms with van der Waals surface area (Å²) in [6.45, 7) is 4.02. The molecule has 3 aromatic rings. The van der Waals surface area contributed by atoms with Crippen molar-refractivity contribution in [2.45, 2.75) is 37.0 Å². The monoisotopic (exact) mass is 436 g/mol. The van der Waals surface area contributed by atoms with Crippen LogP contribution in [-0.4, -0.2) is 22.2 Å². The minimum Gasteiger partial charge on any atom is -0.384 e. The van der Waals surface area contributed by atoms with Crippen LogP contribution in [-0.2, 0) is 17.1 Å². The van der Waals surface area contributed by atoms with Crippen LogP contribution >= 0.6 is 0 Å². The molecule has 0 radical (unpaired) electrons. The second-order valence-corrected chi connectivity index (χ2v) is 9.86. The van der Waals surface area contributed by atoms with Gasteiger partial charge in [-0.15, -0.1) is 0 Å². The van der Waals surface area contributed by atoms with E-state index in [9.17, 15) is 8.42 Å². The van der Waals surface area contributed by atoms with Gasteiger partial charge < -0.3 is 5.73 Å². The van der Waals surface area contributed by atoms with Gasteiger partial charge in [0, 0.05) is 36.1 Å². The number of benzene rings is 1. The van der Waals surface area contributed by atoms with Crippen LogP contribution in [0.5, 0.6) is 0 Å². The Balaban J connectivity index is 1.89. The summed E-state index contributed by atoms with van der Waals surface area (Å²) < 4.78 is 29.5. The second kappa shape index (κ2) is 8.59. The molecule has 2 aromatic heterocycles. The Hall–Kier alpha value is -3.06. The summed E-state index contributed by atoms with van der Waals surface area (Å²) in [6.07, 6.45) is 15.0. The molecule has 1 aliphatic carbocycles. The van der Waals surface area contributed by atoms with Gasteiger partial charge in [0.05, 0.1) is 11.1 Å². The van der Waals surface area contributed by atoms with Crippen molar-refractivity contribution < 1.29 is 8.42 Å². The quantitative estimate of drug-likeness (QED) is 0.560. The maximum absolute atomic E-state index is 13.3. The molecule has 1 aromatic carbocycles. The van der Waals surface area contributed by atoms with E-state index < -0.39 is 10.0 Å². The molecule has 0 unspecified atom stereocenters. The molecule has 6 nitrogen and oxygen atoms in total. The van der Waals surface area contributed by atoms with E-state index >= 15 is 0 Å². The molecule has 0 atom stereocenters. The van der Waals surface area contributed by atoms with Crippen molar-refractivity contribution >= 4 is 21.9 Å². The highest BCUT2D eigenvalue weighted by molar-refractivity contribution is 7.90. The first-order valence-corrected chi connectivity index (χ1v) is 12.0. The average Bonchev–Trinajstić information content (AvgIpc) is 3.36. The van der Waals surface area contributed by atoms with Crippen LogP contribution in [0.1, 0.15) is 37.7 Å². The van der Waals surface area contributed by atoms with Gasteiger partial charge in [-0.25, -0.2) is 12.4 Å². The number of anilines is 1. The lowest BCUT2D eigenvalue weighted by molar-refractivity contribution is 0.410. The van der Waals surface area contributed by atoms with E-state index in [-0.39, 0.29) is 10.7 Å². The summed E-state index contributed by atoms with van der Waals surface area (Å²) in [7, 11) is -2.00. The van der Waals surface area contributed by atoms with Crippen molar-refractivity contribution in [2.75, 3.05) is 5.73 Å². The predicted octanol–water partition coefficient (Wildman–Crippen LogP) is 4.86. The molecular weight excluding hydrogens is 408 g/mol. The molecule has 4 rings (SSSR count). The van der Waals surface area contributed by atoms with Crippen LogP contribution in [0.25, 0.3) is 17.2 Å². The second-order valence-electron chi connectivity index (χ2n) is 8.04. The topological polar surface area (TPSA) is 82.9 Å². The van der Waals surface area contributed by atoms with Gasteiger partial charge >= 0.3 is 0 Å². The third-order valence-corrected chi connectivity index (χ3v) is 7.68. The molecule has 0 saturated heterocycles. The number of aryl methyl sites for hydroxylation is 1. The molecule has 1 saturated carbocycles. The van der Waals surface area contributed by atoms with Crippen LogP contribution in [0.15, 0.2) is 72.0 Å². The van der Waals surface area contributed by atoms with Gasteiger partial charge in [-0.1, -0.05) is 50.1 Å². The number of nitrogen functional groups attached to an aromatic ring is 1. The van der Waals surface area contributed by atoms with Crippen LogP contribution in [0, 0.1) is 5.92 Å². The standard InChI is InChI=1S/C24H28N4O2S/c1-3-18(19-10-6-4-7-11-19)14-22-23(20-15-26-27(2)16-20)17-28(24(22)25)31(29,30)21-12-8-5-9-13-21/h3,5,8-9,12-17,19H,1,4,6-7,10-11,25H2,2H3/b18-14+. The van der Waals surface area contributed by atoms with Crippen LogP contribution in [0.4, 0.5) is 5.82 Å². The Kier molecular flexibility index (Phi) is 5.87. The minimum atomic E-state index is -3.83. The Bertz CT molecular complexity index is 1210. The van der Waals surface area contributed by atoms with Crippen molar-refractivity contribution in [3.05, 3.63) is 72.7 Å². The van der Waals surface area contributed by atoms with E-state index in [4.69, 9.17) is 5.73 Å². The third-order valence-electron chi connectivity index (χ3n) is 5.99. The summed E-state index contributed by atoms with van der Waals surface area (Å²) in [5.74, 6) is 0.611. The summed E-state index contributed by atoms with van der Waals surface area (Å²) >= 11 is 0. The highest BCUT2D eigenvalue weighted by Gasteiger charge is 2.25. The highest BCUT2D eigenvalue weighted by atomic mass is 32.2. The maximum Gasteiger partial charge on any atom is 0.269 e. The number of nitrogens with two attached hydrogens (primary N) is 1. The van der Waals surface area contributed by atoms with Crippen molar-refractivity contribution in [1.82, 2.24) is 13.8 Å². The number of hydrogen-bond donors (Lipinski definition) is 1. The average molecular weight is 437 g/mol. The zero-order valence-electron chi connectivity index (χ0n) is 17.7. The number of allylic oxidation sites excluding steroid dienone is 2. The lowest BCUT2D eigenvalue weighted by Crippen LogP contribution is -2.14. The molecule has 1 fully saturated rings. The molecule has 31 heavy (non-hydrogen) atoms. The molecule has 0 spiro atoms. The molecule has 1 aliphatic rings. The number of nitrogens with zero attached hydrogens (tertiary/aromatic N) is 3. The lowest BCUT2D eigenvalue weighted by Gasteiger charge is -2.23. The normalized spacial score (nSPS) is 15.8. The molecule has 0 bridgehead atoms. The molecule has 2 N–H and O–H groups in total. The van der Waals surface area contributed by atoms with E-state index in [1.807, 2.05) is 25.4 Å². The summed E-state index contributed by atoms with van der Waals surface area (Å²) in [6, 6.07) is 8.34. The number of rotatable bonds is 6. The van der Waals surface area contributed by atoms with Gasteiger partial charge in [0.2, 0.25) is 0 Å².